The molecule has 0 aromatic heterocycles. The second-order valence-electron chi connectivity index (χ2n) is 3.44. The molecule has 1 saturated heterocycles. The molecule has 1 heterocycles. The molecule has 1 aliphatic heterocycles. The lowest BCUT2D eigenvalue weighted by Crippen LogP contribution is -2.50. The summed E-state index contributed by atoms with van der Waals surface area (Å²) in [7, 11) is 0. The Labute approximate surface area is 92.9 Å². The van der Waals surface area contributed by atoms with Gasteiger partial charge >= 0.3 is 0 Å². The van der Waals surface area contributed by atoms with Gasteiger partial charge in [0.05, 0.1) is 0 Å². The molecule has 4 nitrogen and oxygen atoms in total. The third-order valence-electron chi connectivity index (χ3n) is 2.49. The average molecular weight is 216 g/mol. The summed E-state index contributed by atoms with van der Waals surface area (Å²) in [4.78, 5) is 15.4. The number of amides is 1. The van der Waals surface area contributed by atoms with Gasteiger partial charge in [-0.05, 0) is 13.5 Å². The van der Waals surface area contributed by atoms with Crippen LogP contribution in [0.3, 0.4) is 0 Å². The zero-order chi connectivity index (χ0) is 11.8. The summed E-state index contributed by atoms with van der Waals surface area (Å²) >= 11 is 0. The predicted octanol–water partition coefficient (Wildman–Crippen LogP) is 0.557. The summed E-state index contributed by atoms with van der Waals surface area (Å²) in [6.07, 6.45) is -0.854. The van der Waals surface area contributed by atoms with Gasteiger partial charge in [0, 0.05) is 26.2 Å². The molecule has 0 radical (unpaired) electrons. The maximum atomic E-state index is 11.4. The molecule has 0 bridgehead atoms. The van der Waals surface area contributed by atoms with E-state index in [0.29, 0.717) is 0 Å². The van der Waals surface area contributed by atoms with Crippen molar-refractivity contribution in [3.05, 3.63) is 0 Å². The van der Waals surface area contributed by atoms with Crippen molar-refractivity contribution in [1.29, 1.82) is 0 Å². The first kappa shape index (κ1) is 14.4. The lowest BCUT2D eigenvalue weighted by molar-refractivity contribution is -0.141. The van der Waals surface area contributed by atoms with Crippen molar-refractivity contribution in [3.63, 3.8) is 0 Å². The number of hydrogen-bond donors (Lipinski definition) is 1. The first-order valence-electron chi connectivity index (χ1n) is 5.84. The molecular weight excluding hydrogens is 192 g/mol. The molecule has 15 heavy (non-hydrogen) atoms. The van der Waals surface area contributed by atoms with Crippen LogP contribution in [0.1, 0.15) is 27.7 Å². The Kier molecular flexibility index (Phi) is 7.34. The van der Waals surface area contributed by atoms with Crippen molar-refractivity contribution in [1.82, 2.24) is 9.80 Å². The maximum Gasteiger partial charge on any atom is 0.251 e. The van der Waals surface area contributed by atoms with Crippen molar-refractivity contribution in [2.75, 3.05) is 32.7 Å². The molecule has 1 fully saturated rings. The third-order valence-corrected chi connectivity index (χ3v) is 2.49. The summed E-state index contributed by atoms with van der Waals surface area (Å²) in [6.45, 7) is 12.0. The van der Waals surface area contributed by atoms with Crippen LogP contribution in [0.5, 0.6) is 0 Å². The second kappa shape index (κ2) is 7.65. The molecular formula is C11H24N2O2. The van der Waals surface area contributed by atoms with Crippen LogP contribution >= 0.6 is 0 Å². The first-order valence-corrected chi connectivity index (χ1v) is 5.84. The molecule has 1 aliphatic rings. The Morgan fingerprint density at radius 2 is 1.73 bits per heavy atom. The molecule has 0 aromatic rings. The van der Waals surface area contributed by atoms with Gasteiger partial charge in [-0.25, -0.2) is 0 Å². The van der Waals surface area contributed by atoms with Gasteiger partial charge in [-0.1, -0.05) is 20.8 Å². The lowest BCUT2D eigenvalue weighted by atomic mass is 10.2. The Hall–Kier alpha value is -0.610. The van der Waals surface area contributed by atoms with Gasteiger partial charge in [0.15, 0.2) is 0 Å². The highest BCUT2D eigenvalue weighted by molar-refractivity contribution is 5.80. The van der Waals surface area contributed by atoms with E-state index in [9.17, 15) is 4.79 Å². The van der Waals surface area contributed by atoms with E-state index >= 15 is 0 Å². The van der Waals surface area contributed by atoms with E-state index in [1.807, 2.05) is 13.8 Å². The molecule has 1 rings (SSSR count). The van der Waals surface area contributed by atoms with Crippen LogP contribution in [0.4, 0.5) is 0 Å². The first-order chi connectivity index (χ1) is 7.15. The van der Waals surface area contributed by atoms with Crippen LogP contribution in [0.15, 0.2) is 0 Å². The minimum atomic E-state index is -0.854. The molecule has 4 heteroatoms. The monoisotopic (exact) mass is 216 g/mol. The van der Waals surface area contributed by atoms with Crippen LogP contribution in [-0.2, 0) is 4.79 Å². The number of hydrogen-bond acceptors (Lipinski definition) is 3. The van der Waals surface area contributed by atoms with Gasteiger partial charge in [-0.3, -0.25) is 4.79 Å². The average Bonchev–Trinajstić information content (AvgIpc) is 2.31. The van der Waals surface area contributed by atoms with Gasteiger partial charge in [0.2, 0.25) is 0 Å². The van der Waals surface area contributed by atoms with Crippen LogP contribution in [0, 0.1) is 0 Å². The number of carbonyl (C=O) groups is 1. The van der Waals surface area contributed by atoms with Crippen molar-refractivity contribution in [2.24, 2.45) is 0 Å². The predicted molar refractivity (Wildman–Crippen MR) is 61.7 cm³/mol. The second-order valence-corrected chi connectivity index (χ2v) is 3.44. The maximum absolute atomic E-state index is 11.4. The lowest BCUT2D eigenvalue weighted by Gasteiger charge is -2.34. The minimum Gasteiger partial charge on any atom is -0.384 e. The number of nitrogens with zero attached hydrogens (tertiary/aromatic N) is 2. The molecule has 0 saturated carbocycles. The summed E-state index contributed by atoms with van der Waals surface area (Å²) in [6, 6.07) is 0. The molecule has 0 aliphatic carbocycles. The number of aliphatic hydroxyl groups excluding tert-OH is 1. The van der Waals surface area contributed by atoms with E-state index < -0.39 is 6.10 Å². The van der Waals surface area contributed by atoms with E-state index in [0.717, 1.165) is 32.7 Å². The van der Waals surface area contributed by atoms with E-state index in [4.69, 9.17) is 5.11 Å². The van der Waals surface area contributed by atoms with Crippen molar-refractivity contribution in [2.45, 2.75) is 33.8 Å². The largest absolute Gasteiger partial charge is 0.384 e. The fraction of sp³-hybridized carbons (Fsp3) is 0.909. The van der Waals surface area contributed by atoms with Gasteiger partial charge in [0.1, 0.15) is 6.10 Å². The van der Waals surface area contributed by atoms with Crippen molar-refractivity contribution >= 4 is 5.91 Å². The van der Waals surface area contributed by atoms with Crippen LogP contribution in [0.2, 0.25) is 0 Å². The summed E-state index contributed by atoms with van der Waals surface area (Å²) in [5.41, 5.74) is 0. The molecule has 0 spiro atoms. The Balaban J connectivity index is 0.000000921. The van der Waals surface area contributed by atoms with Crippen molar-refractivity contribution in [3.8, 4) is 0 Å². The van der Waals surface area contributed by atoms with Gasteiger partial charge in [-0.2, -0.15) is 0 Å². The topological polar surface area (TPSA) is 43.8 Å². The van der Waals surface area contributed by atoms with Crippen LogP contribution in [0.25, 0.3) is 0 Å². The number of likely N-dealkylation sites (N-methyl/N-ethyl adjacent to an activating group) is 1. The third kappa shape index (κ3) is 4.62. The smallest absolute Gasteiger partial charge is 0.251 e. The van der Waals surface area contributed by atoms with E-state index in [1.54, 1.807) is 4.90 Å². The Morgan fingerprint density at radius 3 is 2.07 bits per heavy atom. The summed E-state index contributed by atoms with van der Waals surface area (Å²) in [5, 5.41) is 9.09. The SMILES string of the molecule is CC.CCN1CCN(C(=O)C(C)O)CC1. The summed E-state index contributed by atoms with van der Waals surface area (Å²) in [5.74, 6) is -0.143. The fourth-order valence-electron chi connectivity index (χ4n) is 1.55. The highest BCUT2D eigenvalue weighted by atomic mass is 16.3. The molecule has 90 valence electrons. The highest BCUT2D eigenvalue weighted by Gasteiger charge is 2.22. The van der Waals surface area contributed by atoms with E-state index in [1.165, 1.54) is 6.92 Å². The molecule has 1 amide bonds. The number of piperazine rings is 1. The van der Waals surface area contributed by atoms with Crippen LogP contribution < -0.4 is 0 Å². The Bertz CT molecular complexity index is 175. The fourth-order valence-corrected chi connectivity index (χ4v) is 1.55. The van der Waals surface area contributed by atoms with E-state index in [-0.39, 0.29) is 5.91 Å². The Morgan fingerprint density at radius 1 is 1.27 bits per heavy atom. The number of carbonyl (C=O) groups excluding carboxylic acids is 1. The van der Waals surface area contributed by atoms with Gasteiger partial charge in [0.25, 0.3) is 5.91 Å². The minimum absolute atomic E-state index is 0.143. The van der Waals surface area contributed by atoms with Gasteiger partial charge < -0.3 is 14.9 Å². The summed E-state index contributed by atoms with van der Waals surface area (Å²) < 4.78 is 0. The normalized spacial score (nSPS) is 19.1. The molecule has 1 N–H and O–H groups in total. The van der Waals surface area contributed by atoms with E-state index in [2.05, 4.69) is 11.8 Å². The number of rotatable bonds is 2. The zero-order valence-corrected chi connectivity index (χ0v) is 10.4. The number of aliphatic hydroxyl groups is 1. The highest BCUT2D eigenvalue weighted by Crippen LogP contribution is 2.03. The molecule has 1 atom stereocenters. The quantitative estimate of drug-likeness (QED) is 0.733. The van der Waals surface area contributed by atoms with Crippen molar-refractivity contribution < 1.29 is 9.90 Å². The molecule has 0 aromatic carbocycles. The molecule has 1 unspecified atom stereocenters. The van der Waals surface area contributed by atoms with Crippen LogP contribution in [-0.4, -0.2) is 59.6 Å². The van der Waals surface area contributed by atoms with Gasteiger partial charge in [-0.15, -0.1) is 0 Å². The zero-order valence-electron chi connectivity index (χ0n) is 10.4. The standard InChI is InChI=1S/C9H18N2O2.C2H6/c1-3-10-4-6-11(7-5-10)9(13)8(2)12;1-2/h8,12H,3-7H2,1-2H3;1-2H3.